The molecule has 2 aromatic heterocycles. The van der Waals surface area contributed by atoms with Crippen LogP contribution in [0.15, 0.2) is 29.7 Å². The van der Waals surface area contributed by atoms with E-state index in [0.717, 1.165) is 22.5 Å². The van der Waals surface area contributed by atoms with Crippen LogP contribution in [0.4, 0.5) is 10.8 Å². The third kappa shape index (κ3) is 5.21. The molecule has 0 radical (unpaired) electrons. The Labute approximate surface area is 189 Å². The summed E-state index contributed by atoms with van der Waals surface area (Å²) in [5.74, 6) is -0.664. The molecule has 0 spiro atoms. The lowest BCUT2D eigenvalue weighted by Crippen LogP contribution is -2.23. The minimum absolute atomic E-state index is 0.00193. The maximum atomic E-state index is 12.3. The Morgan fingerprint density at radius 1 is 1.29 bits per heavy atom. The van der Waals surface area contributed by atoms with Gasteiger partial charge >= 0.3 is 5.97 Å². The van der Waals surface area contributed by atoms with E-state index in [4.69, 9.17) is 16.3 Å². The van der Waals surface area contributed by atoms with Crippen LogP contribution in [0.3, 0.4) is 0 Å². The van der Waals surface area contributed by atoms with Crippen LogP contribution in [0.25, 0.3) is 6.08 Å². The normalized spacial score (nSPS) is 11.2. The van der Waals surface area contributed by atoms with Crippen molar-refractivity contribution < 1.29 is 14.3 Å². The van der Waals surface area contributed by atoms with Crippen LogP contribution in [0.2, 0.25) is 5.15 Å². The van der Waals surface area contributed by atoms with Gasteiger partial charge in [-0.15, -0.1) is 11.3 Å². The molecule has 0 unspecified atom stereocenters. The molecule has 0 aliphatic carbocycles. The molecule has 0 atom stereocenters. The lowest BCUT2D eigenvalue weighted by molar-refractivity contribution is -0.139. The molecular weight excluding hydrogens is 436 g/mol. The largest absolute Gasteiger partial charge is 0.456 e. The number of benzene rings is 1. The molecule has 0 bridgehead atoms. The van der Waals surface area contributed by atoms with E-state index in [9.17, 15) is 9.59 Å². The molecule has 1 amide bonds. The van der Waals surface area contributed by atoms with Crippen molar-refractivity contribution in [2.75, 3.05) is 4.90 Å². The summed E-state index contributed by atoms with van der Waals surface area (Å²) in [6, 6.07) is 5.88. The topological polar surface area (TPSA) is 77.3 Å². The monoisotopic (exact) mass is 458 g/mol. The Hall–Kier alpha value is -2.97. The van der Waals surface area contributed by atoms with Gasteiger partial charge in [0, 0.05) is 31.0 Å². The van der Waals surface area contributed by atoms with E-state index in [1.54, 1.807) is 23.4 Å². The van der Waals surface area contributed by atoms with Crippen LogP contribution >= 0.6 is 22.9 Å². The molecule has 31 heavy (non-hydrogen) atoms. The van der Waals surface area contributed by atoms with Gasteiger partial charge in [-0.3, -0.25) is 14.4 Å². The molecule has 0 N–H and O–H groups in total. The van der Waals surface area contributed by atoms with Gasteiger partial charge in [0.2, 0.25) is 5.91 Å². The van der Waals surface area contributed by atoms with Crippen molar-refractivity contribution >= 4 is 51.7 Å². The Bertz CT molecular complexity index is 1170. The van der Waals surface area contributed by atoms with Gasteiger partial charge in [0.1, 0.15) is 11.8 Å². The second kappa shape index (κ2) is 9.45. The van der Waals surface area contributed by atoms with Crippen LogP contribution in [0.1, 0.15) is 35.0 Å². The van der Waals surface area contributed by atoms with Gasteiger partial charge < -0.3 is 4.74 Å². The van der Waals surface area contributed by atoms with Crippen LogP contribution in [0, 0.1) is 20.8 Å². The average Bonchev–Trinajstić information content (AvgIpc) is 3.25. The molecule has 1 aromatic carbocycles. The lowest BCUT2D eigenvalue weighted by atomic mass is 10.1. The highest BCUT2D eigenvalue weighted by Gasteiger charge is 2.20. The molecule has 162 valence electrons. The molecule has 0 aliphatic rings. The van der Waals surface area contributed by atoms with Crippen molar-refractivity contribution in [1.82, 2.24) is 14.8 Å². The molecule has 0 saturated carbocycles. The van der Waals surface area contributed by atoms with Crippen molar-refractivity contribution in [3.8, 4) is 0 Å². The maximum Gasteiger partial charge on any atom is 0.331 e. The molecule has 0 saturated heterocycles. The predicted octanol–water partition coefficient (Wildman–Crippen LogP) is 4.90. The third-order valence-corrected chi connectivity index (χ3v) is 5.91. The number of rotatable bonds is 6. The second-order valence-electron chi connectivity index (χ2n) is 7.12. The van der Waals surface area contributed by atoms with Crippen molar-refractivity contribution in [3.05, 3.63) is 62.9 Å². The second-order valence-corrected chi connectivity index (χ2v) is 8.31. The minimum Gasteiger partial charge on any atom is -0.456 e. The Morgan fingerprint density at radius 3 is 2.65 bits per heavy atom. The first-order valence-corrected chi connectivity index (χ1v) is 10.8. The van der Waals surface area contributed by atoms with E-state index >= 15 is 0 Å². The molecule has 3 rings (SSSR count). The Morgan fingerprint density at radius 2 is 2.03 bits per heavy atom. The van der Waals surface area contributed by atoms with Gasteiger partial charge in [0.15, 0.2) is 5.13 Å². The van der Waals surface area contributed by atoms with Crippen LogP contribution in [-0.4, -0.2) is 26.6 Å². The van der Waals surface area contributed by atoms with Crippen LogP contribution in [-0.2, 0) is 28.0 Å². The zero-order chi connectivity index (χ0) is 22.7. The number of esters is 1. The van der Waals surface area contributed by atoms with Gasteiger partial charge in [-0.1, -0.05) is 29.3 Å². The predicted molar refractivity (Wildman–Crippen MR) is 123 cm³/mol. The number of hydrogen-bond donors (Lipinski definition) is 0. The summed E-state index contributed by atoms with van der Waals surface area (Å²) in [7, 11) is 1.73. The Kier molecular flexibility index (Phi) is 6.92. The summed E-state index contributed by atoms with van der Waals surface area (Å²) >= 11 is 7.47. The van der Waals surface area contributed by atoms with E-state index in [1.165, 1.54) is 29.0 Å². The first kappa shape index (κ1) is 22.7. The van der Waals surface area contributed by atoms with Crippen LogP contribution < -0.4 is 4.90 Å². The number of carbonyl (C=O) groups is 2. The number of nitrogens with zero attached hydrogens (tertiary/aromatic N) is 4. The molecule has 7 nitrogen and oxygen atoms in total. The highest BCUT2D eigenvalue weighted by atomic mass is 35.5. The molecule has 0 fully saturated rings. The molecule has 2 heterocycles. The number of carbonyl (C=O) groups excluding carboxylic acids is 2. The zero-order valence-electron chi connectivity index (χ0n) is 18.0. The summed E-state index contributed by atoms with van der Waals surface area (Å²) in [6.07, 6.45) is 2.89. The zero-order valence-corrected chi connectivity index (χ0v) is 19.5. The van der Waals surface area contributed by atoms with Crippen molar-refractivity contribution in [1.29, 1.82) is 0 Å². The fraction of sp³-hybridized carbons (Fsp3) is 0.273. The van der Waals surface area contributed by atoms with Gasteiger partial charge in [0.25, 0.3) is 0 Å². The number of anilines is 2. The SMILES string of the molecule is CC(=O)N(c1nc(COC(=O)/C=C/c2c(C)nn(C)c2Cl)cs1)c1ccc(C)cc1C. The summed E-state index contributed by atoms with van der Waals surface area (Å²) < 4.78 is 6.82. The van der Waals surface area contributed by atoms with E-state index < -0.39 is 5.97 Å². The standard InChI is InChI=1S/C22H23ClN4O3S/c1-13-6-8-19(14(2)10-13)27(16(4)28)22-24-17(12-31-22)11-30-20(29)9-7-18-15(3)25-26(5)21(18)23/h6-10,12H,11H2,1-5H3/b9-7+. The van der Waals surface area contributed by atoms with Crippen LogP contribution in [0.5, 0.6) is 0 Å². The van der Waals surface area contributed by atoms with Gasteiger partial charge in [0.05, 0.1) is 17.1 Å². The quantitative estimate of drug-likeness (QED) is 0.388. The molecule has 0 aliphatic heterocycles. The fourth-order valence-electron chi connectivity index (χ4n) is 3.11. The molecular formula is C22H23ClN4O3S. The van der Waals surface area contributed by atoms with E-state index in [2.05, 4.69) is 10.1 Å². The number of amides is 1. The number of aromatic nitrogens is 3. The summed E-state index contributed by atoms with van der Waals surface area (Å²) in [5, 5.41) is 6.94. The first-order chi connectivity index (χ1) is 14.7. The summed E-state index contributed by atoms with van der Waals surface area (Å²) in [6.45, 7) is 7.26. The lowest BCUT2D eigenvalue weighted by Gasteiger charge is -2.20. The van der Waals surface area contributed by atoms with Crippen molar-refractivity contribution in [2.45, 2.75) is 34.3 Å². The maximum absolute atomic E-state index is 12.3. The van der Waals surface area contributed by atoms with Gasteiger partial charge in [-0.2, -0.15) is 5.10 Å². The first-order valence-electron chi connectivity index (χ1n) is 9.53. The highest BCUT2D eigenvalue weighted by molar-refractivity contribution is 7.14. The number of thiazole rings is 1. The van der Waals surface area contributed by atoms with Gasteiger partial charge in [-0.05, 0) is 38.5 Å². The number of hydrogen-bond acceptors (Lipinski definition) is 6. The Balaban J connectivity index is 1.69. The number of halogens is 1. The summed E-state index contributed by atoms with van der Waals surface area (Å²) in [4.78, 5) is 30.5. The molecule has 3 aromatic rings. The fourth-order valence-corrected chi connectivity index (χ4v) is 4.21. The van der Waals surface area contributed by atoms with Gasteiger partial charge in [-0.25, -0.2) is 9.78 Å². The minimum atomic E-state index is -0.522. The smallest absolute Gasteiger partial charge is 0.331 e. The number of ether oxygens (including phenoxy) is 1. The average molecular weight is 459 g/mol. The van der Waals surface area contributed by atoms with E-state index in [1.807, 2.05) is 39.0 Å². The van der Waals surface area contributed by atoms with E-state index in [-0.39, 0.29) is 12.5 Å². The summed E-state index contributed by atoms with van der Waals surface area (Å²) in [5.41, 5.74) is 4.83. The molecule has 9 heteroatoms. The van der Waals surface area contributed by atoms with E-state index in [0.29, 0.717) is 21.5 Å². The third-order valence-electron chi connectivity index (χ3n) is 4.58. The van der Waals surface area contributed by atoms with Crippen molar-refractivity contribution in [2.24, 2.45) is 7.05 Å². The highest BCUT2D eigenvalue weighted by Crippen LogP contribution is 2.32. The number of aryl methyl sites for hydroxylation is 4. The van der Waals surface area contributed by atoms with Crippen molar-refractivity contribution in [3.63, 3.8) is 0 Å².